The molecule has 1 aromatic rings. The van der Waals surface area contributed by atoms with E-state index in [1.807, 2.05) is 18.2 Å². The van der Waals surface area contributed by atoms with Crippen LogP contribution in [0.2, 0.25) is 0 Å². The summed E-state index contributed by atoms with van der Waals surface area (Å²) in [6.45, 7) is 2.80. The van der Waals surface area contributed by atoms with E-state index in [-0.39, 0.29) is 24.0 Å². The van der Waals surface area contributed by atoms with Crippen molar-refractivity contribution in [3.63, 3.8) is 0 Å². The van der Waals surface area contributed by atoms with Crippen LogP contribution in [0.25, 0.3) is 0 Å². The predicted molar refractivity (Wildman–Crippen MR) is 98.1 cm³/mol. The highest BCUT2D eigenvalue weighted by Crippen LogP contribution is 2.29. The summed E-state index contributed by atoms with van der Waals surface area (Å²) in [5, 5.41) is 3.48. The van der Waals surface area contributed by atoms with Gasteiger partial charge in [-0.1, -0.05) is 6.92 Å². The Labute approximate surface area is 141 Å². The van der Waals surface area contributed by atoms with E-state index in [4.69, 9.17) is 15.2 Å². The highest BCUT2D eigenvalue weighted by molar-refractivity contribution is 14.0. The van der Waals surface area contributed by atoms with Gasteiger partial charge < -0.3 is 20.5 Å². The molecule has 0 amide bonds. The summed E-state index contributed by atoms with van der Waals surface area (Å²) < 4.78 is 10.4. The van der Waals surface area contributed by atoms with Crippen LogP contribution >= 0.6 is 35.7 Å². The molecule has 0 saturated carbocycles. The van der Waals surface area contributed by atoms with Gasteiger partial charge in [0.2, 0.25) is 0 Å². The number of hydrogen-bond donors (Lipinski definition) is 2. The molecule has 0 aliphatic heterocycles. The SMILES string of the molecule is COc1ccc(NC(N)=NCC(C)SC)cc1OC.I. The van der Waals surface area contributed by atoms with Crippen LogP contribution in [0.1, 0.15) is 6.92 Å². The number of ether oxygens (including phenoxy) is 2. The largest absolute Gasteiger partial charge is 0.493 e. The van der Waals surface area contributed by atoms with Crippen LogP contribution in [-0.4, -0.2) is 38.2 Å². The molecule has 0 aliphatic carbocycles. The minimum Gasteiger partial charge on any atom is -0.493 e. The normalized spacial score (nSPS) is 12.3. The molecule has 0 saturated heterocycles. The summed E-state index contributed by atoms with van der Waals surface area (Å²) in [5.41, 5.74) is 6.64. The molecule has 1 rings (SSSR count). The van der Waals surface area contributed by atoms with E-state index in [1.165, 1.54) is 0 Å². The first-order valence-corrected chi connectivity index (χ1v) is 7.21. The van der Waals surface area contributed by atoms with Gasteiger partial charge in [0.1, 0.15) is 0 Å². The lowest BCUT2D eigenvalue weighted by molar-refractivity contribution is 0.355. The number of aliphatic imine (C=N–C) groups is 1. The Balaban J connectivity index is 0.00000361. The predicted octanol–water partition coefficient (Wildman–Crippen LogP) is 2.80. The molecule has 0 radical (unpaired) electrons. The number of hydrogen-bond acceptors (Lipinski definition) is 4. The maximum atomic E-state index is 5.83. The zero-order valence-electron chi connectivity index (χ0n) is 12.2. The van der Waals surface area contributed by atoms with Gasteiger partial charge in [0, 0.05) is 17.0 Å². The van der Waals surface area contributed by atoms with E-state index in [0.29, 0.717) is 29.3 Å². The van der Waals surface area contributed by atoms with Crippen molar-refractivity contribution in [3.05, 3.63) is 18.2 Å². The fourth-order valence-corrected chi connectivity index (χ4v) is 1.63. The topological polar surface area (TPSA) is 68.9 Å². The Hall–Kier alpha value is -0.830. The second-order valence-electron chi connectivity index (χ2n) is 3.97. The summed E-state index contributed by atoms with van der Waals surface area (Å²) >= 11 is 1.76. The maximum Gasteiger partial charge on any atom is 0.193 e. The summed E-state index contributed by atoms with van der Waals surface area (Å²) in [5.74, 6) is 1.73. The monoisotopic (exact) mass is 411 g/mol. The number of nitrogens with zero attached hydrogens (tertiary/aromatic N) is 1. The first-order valence-electron chi connectivity index (χ1n) is 5.92. The number of halogens is 1. The molecule has 0 fully saturated rings. The lowest BCUT2D eigenvalue weighted by Gasteiger charge is -2.11. The smallest absolute Gasteiger partial charge is 0.193 e. The van der Waals surface area contributed by atoms with Crippen molar-refractivity contribution in [1.82, 2.24) is 0 Å². The zero-order valence-corrected chi connectivity index (χ0v) is 15.3. The third-order valence-electron chi connectivity index (χ3n) is 2.58. The van der Waals surface area contributed by atoms with Gasteiger partial charge in [0.25, 0.3) is 0 Å². The van der Waals surface area contributed by atoms with Crippen LogP contribution in [-0.2, 0) is 0 Å². The highest BCUT2D eigenvalue weighted by atomic mass is 127. The standard InChI is InChI=1S/C13H21N3O2S.HI/c1-9(19-4)8-15-13(14)16-10-5-6-11(17-2)12(7-10)18-3;/h5-7,9H,8H2,1-4H3,(H3,14,15,16);1H. The molecular weight excluding hydrogens is 389 g/mol. The number of thioether (sulfide) groups is 1. The molecule has 0 spiro atoms. The fraction of sp³-hybridized carbons (Fsp3) is 0.462. The lowest BCUT2D eigenvalue weighted by atomic mass is 10.3. The second kappa shape index (κ2) is 9.98. The van der Waals surface area contributed by atoms with Crippen molar-refractivity contribution in [3.8, 4) is 11.5 Å². The third kappa shape index (κ3) is 6.08. The van der Waals surface area contributed by atoms with Gasteiger partial charge in [-0.15, -0.1) is 24.0 Å². The van der Waals surface area contributed by atoms with E-state index in [1.54, 1.807) is 26.0 Å². The number of rotatable bonds is 6. The van der Waals surface area contributed by atoms with Crippen molar-refractivity contribution < 1.29 is 9.47 Å². The Morgan fingerprint density at radius 2 is 2.00 bits per heavy atom. The van der Waals surface area contributed by atoms with Crippen molar-refractivity contribution >= 4 is 47.4 Å². The van der Waals surface area contributed by atoms with Gasteiger partial charge in [-0.25, -0.2) is 0 Å². The van der Waals surface area contributed by atoms with Crippen LogP contribution in [0.5, 0.6) is 11.5 Å². The molecule has 0 aromatic heterocycles. The number of benzene rings is 1. The van der Waals surface area contributed by atoms with Crippen molar-refractivity contribution in [2.75, 3.05) is 32.3 Å². The van der Waals surface area contributed by atoms with Crippen LogP contribution < -0.4 is 20.5 Å². The molecule has 0 heterocycles. The van der Waals surface area contributed by atoms with Gasteiger partial charge in [0.05, 0.1) is 20.8 Å². The van der Waals surface area contributed by atoms with Crippen LogP contribution in [0.4, 0.5) is 5.69 Å². The van der Waals surface area contributed by atoms with Crippen molar-refractivity contribution in [1.29, 1.82) is 0 Å². The van der Waals surface area contributed by atoms with Gasteiger partial charge in [0.15, 0.2) is 17.5 Å². The first kappa shape index (κ1) is 19.2. The summed E-state index contributed by atoms with van der Waals surface area (Å²) in [6, 6.07) is 5.50. The molecule has 0 aliphatic rings. The molecule has 20 heavy (non-hydrogen) atoms. The first-order chi connectivity index (χ1) is 9.10. The Morgan fingerprint density at radius 1 is 1.35 bits per heavy atom. The van der Waals surface area contributed by atoms with E-state index in [0.717, 1.165) is 5.69 Å². The minimum atomic E-state index is 0. The average molecular weight is 411 g/mol. The zero-order chi connectivity index (χ0) is 14.3. The number of nitrogens with two attached hydrogens (primary N) is 1. The van der Waals surface area contributed by atoms with Gasteiger partial charge in [-0.05, 0) is 18.4 Å². The van der Waals surface area contributed by atoms with E-state index >= 15 is 0 Å². The van der Waals surface area contributed by atoms with E-state index in [9.17, 15) is 0 Å². The molecular formula is C13H22IN3O2S. The molecule has 0 bridgehead atoms. The number of nitrogens with one attached hydrogen (secondary N) is 1. The number of anilines is 1. The molecule has 1 unspecified atom stereocenters. The molecule has 1 atom stereocenters. The number of guanidine groups is 1. The van der Waals surface area contributed by atoms with Crippen LogP contribution in [0.3, 0.4) is 0 Å². The van der Waals surface area contributed by atoms with Gasteiger partial charge in [-0.2, -0.15) is 11.8 Å². The average Bonchev–Trinajstić information content (AvgIpc) is 2.44. The molecule has 1 aromatic carbocycles. The quantitative estimate of drug-likeness (QED) is 0.428. The molecule has 5 nitrogen and oxygen atoms in total. The molecule has 7 heteroatoms. The second-order valence-corrected chi connectivity index (χ2v) is 5.24. The fourth-order valence-electron chi connectivity index (χ4n) is 1.40. The highest BCUT2D eigenvalue weighted by Gasteiger charge is 2.05. The van der Waals surface area contributed by atoms with Crippen LogP contribution in [0, 0.1) is 0 Å². The third-order valence-corrected chi connectivity index (χ3v) is 3.53. The van der Waals surface area contributed by atoms with Crippen molar-refractivity contribution in [2.24, 2.45) is 10.7 Å². The van der Waals surface area contributed by atoms with E-state index in [2.05, 4.69) is 23.5 Å². The van der Waals surface area contributed by atoms with E-state index < -0.39 is 0 Å². The lowest BCUT2D eigenvalue weighted by Crippen LogP contribution is -2.23. The Bertz CT molecular complexity index is 444. The molecule has 3 N–H and O–H groups in total. The van der Waals surface area contributed by atoms with Crippen molar-refractivity contribution in [2.45, 2.75) is 12.2 Å². The minimum absolute atomic E-state index is 0. The Morgan fingerprint density at radius 3 is 2.55 bits per heavy atom. The van der Waals surface area contributed by atoms with Crippen LogP contribution in [0.15, 0.2) is 23.2 Å². The summed E-state index contributed by atoms with van der Waals surface area (Å²) in [7, 11) is 3.20. The summed E-state index contributed by atoms with van der Waals surface area (Å²) in [6.07, 6.45) is 2.05. The Kier molecular flexibility index (Phi) is 9.56. The van der Waals surface area contributed by atoms with Gasteiger partial charge >= 0.3 is 0 Å². The summed E-state index contributed by atoms with van der Waals surface area (Å²) in [4.78, 5) is 4.28. The van der Waals surface area contributed by atoms with Gasteiger partial charge in [-0.3, -0.25) is 4.99 Å². The number of methoxy groups -OCH3 is 2. The maximum absolute atomic E-state index is 5.83. The molecule has 114 valence electrons.